The Morgan fingerprint density at radius 1 is 1.30 bits per heavy atom. The second kappa shape index (κ2) is 6.38. The van der Waals surface area contributed by atoms with Gasteiger partial charge in [0, 0.05) is 60.7 Å². The molecule has 0 spiro atoms. The Hall–Kier alpha value is -1.17. The van der Waals surface area contributed by atoms with Crippen molar-refractivity contribution in [3.8, 4) is 0 Å². The molecular weight excluding hydrogens is 306 g/mol. The molecule has 124 valence electrons. The Bertz CT molecular complexity index is 674. The minimum atomic E-state index is 0.403. The lowest BCUT2D eigenvalue weighted by atomic mass is 9.97. The first kappa shape index (κ1) is 15.4. The third-order valence-corrected chi connectivity index (χ3v) is 5.73. The number of fused-ring (bicyclic) bond motifs is 1. The normalized spacial score (nSPS) is 21.6. The fourth-order valence-electron chi connectivity index (χ4n) is 3.43. The van der Waals surface area contributed by atoms with Crippen LogP contribution < -0.4 is 0 Å². The molecule has 1 unspecified atom stereocenters. The molecule has 1 aliphatic carbocycles. The first-order valence-corrected chi connectivity index (χ1v) is 9.37. The van der Waals surface area contributed by atoms with Crippen LogP contribution in [0.15, 0.2) is 18.3 Å². The maximum absolute atomic E-state index is 5.99. The molecule has 0 N–H and O–H groups in total. The van der Waals surface area contributed by atoms with E-state index in [1.807, 2.05) is 23.1 Å². The highest BCUT2D eigenvalue weighted by molar-refractivity contribution is 7.11. The molecule has 3 heterocycles. The summed E-state index contributed by atoms with van der Waals surface area (Å²) in [5.74, 6) is 1.23. The summed E-state index contributed by atoms with van der Waals surface area (Å²) in [7, 11) is 2.02. The molecular formula is C18H25N3OS. The molecule has 2 aromatic heterocycles. The van der Waals surface area contributed by atoms with Crippen LogP contribution in [-0.4, -0.2) is 34.4 Å². The highest BCUT2D eigenvalue weighted by atomic mass is 32.1. The van der Waals surface area contributed by atoms with Crippen LogP contribution in [0.1, 0.15) is 39.8 Å². The van der Waals surface area contributed by atoms with Crippen molar-refractivity contribution in [3.05, 3.63) is 39.3 Å². The fourth-order valence-corrected chi connectivity index (χ4v) is 4.36. The molecule has 4 nitrogen and oxygen atoms in total. The summed E-state index contributed by atoms with van der Waals surface area (Å²) in [6.07, 6.45) is 4.88. The lowest BCUT2D eigenvalue weighted by molar-refractivity contribution is 0.0883. The van der Waals surface area contributed by atoms with Gasteiger partial charge in [0.2, 0.25) is 0 Å². The molecule has 0 saturated heterocycles. The first-order valence-electron chi connectivity index (χ1n) is 8.55. The van der Waals surface area contributed by atoms with Crippen molar-refractivity contribution in [2.75, 3.05) is 19.8 Å². The summed E-state index contributed by atoms with van der Waals surface area (Å²) in [5, 5.41) is 4.70. The topological polar surface area (TPSA) is 30.3 Å². The number of rotatable bonds is 6. The van der Waals surface area contributed by atoms with Gasteiger partial charge in [-0.05, 0) is 37.8 Å². The SMILES string of the molecule is Cc1ccc(CN2Cc3cn(C)nc3C(COCC3CC3)C2)s1. The quantitative estimate of drug-likeness (QED) is 0.813. The Balaban J connectivity index is 1.45. The van der Waals surface area contributed by atoms with Crippen molar-refractivity contribution in [1.29, 1.82) is 0 Å². The van der Waals surface area contributed by atoms with Crippen molar-refractivity contribution < 1.29 is 4.74 Å². The molecule has 23 heavy (non-hydrogen) atoms. The number of nitrogens with zero attached hydrogens (tertiary/aromatic N) is 3. The van der Waals surface area contributed by atoms with Gasteiger partial charge in [-0.25, -0.2) is 0 Å². The number of hydrogen-bond donors (Lipinski definition) is 0. The van der Waals surface area contributed by atoms with Gasteiger partial charge in [-0.2, -0.15) is 5.10 Å². The van der Waals surface area contributed by atoms with E-state index >= 15 is 0 Å². The Kier molecular flexibility index (Phi) is 4.26. The van der Waals surface area contributed by atoms with Crippen molar-refractivity contribution >= 4 is 11.3 Å². The zero-order valence-corrected chi connectivity index (χ0v) is 14.8. The molecule has 0 bridgehead atoms. The van der Waals surface area contributed by atoms with E-state index in [4.69, 9.17) is 9.84 Å². The lowest BCUT2D eigenvalue weighted by Crippen LogP contribution is -2.34. The van der Waals surface area contributed by atoms with Crippen molar-refractivity contribution in [3.63, 3.8) is 0 Å². The molecule has 0 amide bonds. The van der Waals surface area contributed by atoms with Crippen molar-refractivity contribution in [2.24, 2.45) is 13.0 Å². The standard InChI is InChI=1S/C18H25N3OS/c1-13-3-6-17(23-13)10-21-8-15-7-20(2)19-18(15)16(9-21)12-22-11-14-4-5-14/h3,6-7,14,16H,4-5,8-12H2,1-2H3. The van der Waals surface area contributed by atoms with Gasteiger partial charge in [-0.1, -0.05) is 0 Å². The van der Waals surface area contributed by atoms with Crippen molar-refractivity contribution in [2.45, 2.75) is 38.8 Å². The lowest BCUT2D eigenvalue weighted by Gasteiger charge is -2.31. The Labute approximate surface area is 142 Å². The van der Waals surface area contributed by atoms with Crippen LogP contribution in [0.5, 0.6) is 0 Å². The average Bonchev–Trinajstić information content (AvgIpc) is 3.12. The zero-order chi connectivity index (χ0) is 15.8. The van der Waals surface area contributed by atoms with E-state index in [2.05, 4.69) is 30.2 Å². The molecule has 2 aliphatic rings. The summed E-state index contributed by atoms with van der Waals surface area (Å²) in [5.41, 5.74) is 2.62. The van der Waals surface area contributed by atoms with Gasteiger partial charge >= 0.3 is 0 Å². The van der Waals surface area contributed by atoms with E-state index in [1.165, 1.54) is 33.9 Å². The van der Waals surface area contributed by atoms with Gasteiger partial charge in [0.25, 0.3) is 0 Å². The van der Waals surface area contributed by atoms with Crippen LogP contribution >= 0.6 is 11.3 Å². The van der Waals surface area contributed by atoms with Gasteiger partial charge in [0.15, 0.2) is 0 Å². The minimum Gasteiger partial charge on any atom is -0.380 e. The van der Waals surface area contributed by atoms with E-state index in [1.54, 1.807) is 0 Å². The average molecular weight is 331 g/mol. The molecule has 4 rings (SSSR count). The van der Waals surface area contributed by atoms with E-state index < -0.39 is 0 Å². The molecule has 1 saturated carbocycles. The number of thiophene rings is 1. The largest absolute Gasteiger partial charge is 0.380 e. The second-order valence-electron chi connectivity index (χ2n) is 7.07. The first-order chi connectivity index (χ1) is 11.2. The summed E-state index contributed by atoms with van der Waals surface area (Å²) < 4.78 is 7.95. The van der Waals surface area contributed by atoms with Crippen LogP contribution in [0.2, 0.25) is 0 Å². The van der Waals surface area contributed by atoms with Crippen LogP contribution in [0, 0.1) is 12.8 Å². The maximum Gasteiger partial charge on any atom is 0.0736 e. The van der Waals surface area contributed by atoms with E-state index in [0.29, 0.717) is 5.92 Å². The molecule has 1 aliphatic heterocycles. The van der Waals surface area contributed by atoms with Gasteiger partial charge in [-0.3, -0.25) is 9.58 Å². The van der Waals surface area contributed by atoms with Crippen LogP contribution in [0.3, 0.4) is 0 Å². The van der Waals surface area contributed by atoms with Crippen molar-refractivity contribution in [1.82, 2.24) is 14.7 Å². The molecule has 2 aromatic rings. The molecule has 1 atom stereocenters. The maximum atomic E-state index is 5.99. The summed E-state index contributed by atoms with van der Waals surface area (Å²) in [6.45, 7) is 7.00. The van der Waals surface area contributed by atoms with Gasteiger partial charge in [0.1, 0.15) is 0 Å². The van der Waals surface area contributed by atoms with E-state index in [0.717, 1.165) is 38.8 Å². The summed E-state index contributed by atoms with van der Waals surface area (Å²) in [6, 6.07) is 4.48. The van der Waals surface area contributed by atoms with E-state index in [-0.39, 0.29) is 0 Å². The van der Waals surface area contributed by atoms with Crippen LogP contribution in [0.4, 0.5) is 0 Å². The number of ether oxygens (including phenoxy) is 1. The third kappa shape index (κ3) is 3.67. The number of aromatic nitrogens is 2. The Morgan fingerprint density at radius 3 is 2.91 bits per heavy atom. The number of hydrogen-bond acceptors (Lipinski definition) is 4. The minimum absolute atomic E-state index is 0.403. The predicted molar refractivity (Wildman–Crippen MR) is 92.7 cm³/mol. The molecule has 0 aromatic carbocycles. The second-order valence-corrected chi connectivity index (χ2v) is 8.45. The van der Waals surface area contributed by atoms with Gasteiger partial charge < -0.3 is 4.74 Å². The smallest absolute Gasteiger partial charge is 0.0736 e. The summed E-state index contributed by atoms with van der Waals surface area (Å²) >= 11 is 1.91. The molecule has 1 fully saturated rings. The Morgan fingerprint density at radius 2 is 2.17 bits per heavy atom. The molecule has 0 radical (unpaired) electrons. The zero-order valence-electron chi connectivity index (χ0n) is 14.0. The highest BCUT2D eigenvalue weighted by Crippen LogP contribution is 2.32. The number of aryl methyl sites for hydroxylation is 2. The van der Waals surface area contributed by atoms with Gasteiger partial charge in [-0.15, -0.1) is 11.3 Å². The monoisotopic (exact) mass is 331 g/mol. The predicted octanol–water partition coefficient (Wildman–Crippen LogP) is 3.32. The molecule has 5 heteroatoms. The third-order valence-electron chi connectivity index (χ3n) is 4.74. The highest BCUT2D eigenvalue weighted by Gasteiger charge is 2.29. The fraction of sp³-hybridized carbons (Fsp3) is 0.611. The summed E-state index contributed by atoms with van der Waals surface area (Å²) in [4.78, 5) is 5.39. The van der Waals surface area contributed by atoms with Gasteiger partial charge in [0.05, 0.1) is 12.3 Å². The van der Waals surface area contributed by atoms with E-state index in [9.17, 15) is 0 Å². The van der Waals surface area contributed by atoms with Crippen LogP contribution in [-0.2, 0) is 24.9 Å². The van der Waals surface area contributed by atoms with Crippen LogP contribution in [0.25, 0.3) is 0 Å².